The predicted molar refractivity (Wildman–Crippen MR) is 61.7 cm³/mol. The molecule has 1 aromatic rings. The quantitative estimate of drug-likeness (QED) is 0.765. The number of benzene rings is 1. The second-order valence-corrected chi connectivity index (χ2v) is 4.16. The van der Waals surface area contributed by atoms with Gasteiger partial charge in [-0.2, -0.15) is 0 Å². The van der Waals surface area contributed by atoms with Gasteiger partial charge in [-0.1, -0.05) is 38.1 Å². The fourth-order valence-corrected chi connectivity index (χ4v) is 1.69. The van der Waals surface area contributed by atoms with Gasteiger partial charge in [-0.25, -0.2) is 0 Å². The Balaban J connectivity index is 2.41. The third-order valence-corrected chi connectivity index (χ3v) is 2.62. The first-order valence-electron chi connectivity index (χ1n) is 5.25. The molecule has 0 spiro atoms. The van der Waals surface area contributed by atoms with Crippen LogP contribution in [0.3, 0.4) is 0 Å². The van der Waals surface area contributed by atoms with Crippen molar-refractivity contribution in [1.29, 1.82) is 0 Å². The Kier molecular flexibility index (Phi) is 2.60. The first-order chi connectivity index (χ1) is 7.58. The summed E-state index contributed by atoms with van der Waals surface area (Å²) in [6, 6.07) is 7.72. The molecule has 0 radical (unpaired) electrons. The average molecular weight is 215 g/mol. The second-order valence-electron chi connectivity index (χ2n) is 4.16. The van der Waals surface area contributed by atoms with Gasteiger partial charge in [0.15, 0.2) is 0 Å². The van der Waals surface area contributed by atoms with E-state index in [1.165, 1.54) is 6.08 Å². The highest BCUT2D eigenvalue weighted by Crippen LogP contribution is 2.22. The molecular formula is C13H13NO2. The maximum Gasteiger partial charge on any atom is 0.258 e. The maximum absolute atomic E-state index is 11.5. The second kappa shape index (κ2) is 3.93. The highest BCUT2D eigenvalue weighted by atomic mass is 16.2. The van der Waals surface area contributed by atoms with Crippen LogP contribution in [0.15, 0.2) is 30.3 Å². The number of rotatable bonds is 2. The number of carbonyl (C=O) groups is 2. The lowest BCUT2D eigenvalue weighted by Gasteiger charge is -2.07. The van der Waals surface area contributed by atoms with Crippen LogP contribution in [-0.4, -0.2) is 11.8 Å². The molecule has 0 aromatic heterocycles. The smallest absolute Gasteiger partial charge is 0.258 e. The minimum Gasteiger partial charge on any atom is -0.289 e. The molecule has 16 heavy (non-hydrogen) atoms. The Morgan fingerprint density at radius 3 is 2.50 bits per heavy atom. The van der Waals surface area contributed by atoms with E-state index in [4.69, 9.17) is 0 Å². The van der Waals surface area contributed by atoms with Gasteiger partial charge in [0.1, 0.15) is 0 Å². The molecule has 1 N–H and O–H groups in total. The van der Waals surface area contributed by atoms with E-state index in [2.05, 4.69) is 19.2 Å². The molecular weight excluding hydrogens is 202 g/mol. The molecule has 0 aliphatic carbocycles. The highest BCUT2D eigenvalue weighted by molar-refractivity contribution is 6.33. The van der Waals surface area contributed by atoms with Crippen LogP contribution < -0.4 is 5.32 Å². The van der Waals surface area contributed by atoms with Crippen molar-refractivity contribution < 1.29 is 9.59 Å². The summed E-state index contributed by atoms with van der Waals surface area (Å²) < 4.78 is 0. The molecule has 3 nitrogen and oxygen atoms in total. The molecule has 3 heteroatoms. The molecule has 0 saturated heterocycles. The van der Waals surface area contributed by atoms with E-state index in [0.29, 0.717) is 11.5 Å². The molecule has 82 valence electrons. The largest absolute Gasteiger partial charge is 0.289 e. The molecule has 0 atom stereocenters. The molecule has 0 fully saturated rings. The standard InChI is InChI=1S/C13H13NO2/c1-8(2)9-4-3-5-10(6-9)11-7-12(15)14-13(11)16/h3-8H,1-2H3,(H,14,15,16). The van der Waals surface area contributed by atoms with Crippen molar-refractivity contribution in [3.05, 3.63) is 41.5 Å². The van der Waals surface area contributed by atoms with Crippen LogP contribution in [0.1, 0.15) is 30.9 Å². The van der Waals surface area contributed by atoms with Gasteiger partial charge in [-0.15, -0.1) is 0 Å². The van der Waals surface area contributed by atoms with Crippen molar-refractivity contribution in [1.82, 2.24) is 5.32 Å². The summed E-state index contributed by atoms with van der Waals surface area (Å²) in [5.41, 5.74) is 2.41. The number of carbonyl (C=O) groups excluding carboxylic acids is 2. The van der Waals surface area contributed by atoms with Crippen LogP contribution >= 0.6 is 0 Å². The van der Waals surface area contributed by atoms with Gasteiger partial charge in [0.2, 0.25) is 0 Å². The Bertz CT molecular complexity index is 486. The first kappa shape index (κ1) is 10.6. The SMILES string of the molecule is CC(C)c1cccc(C2=CC(=O)NC2=O)c1. The molecule has 0 bridgehead atoms. The summed E-state index contributed by atoms with van der Waals surface area (Å²) in [4.78, 5) is 22.5. The monoisotopic (exact) mass is 215 g/mol. The Morgan fingerprint density at radius 1 is 1.19 bits per heavy atom. The van der Waals surface area contributed by atoms with E-state index in [1.807, 2.05) is 24.3 Å². The zero-order chi connectivity index (χ0) is 11.7. The number of nitrogens with one attached hydrogen (secondary N) is 1. The third-order valence-electron chi connectivity index (χ3n) is 2.62. The molecule has 1 heterocycles. The number of imide groups is 1. The molecule has 0 saturated carbocycles. The molecule has 2 amide bonds. The van der Waals surface area contributed by atoms with Gasteiger partial charge in [0.25, 0.3) is 11.8 Å². The lowest BCUT2D eigenvalue weighted by atomic mass is 9.97. The van der Waals surface area contributed by atoms with Gasteiger partial charge in [-0.3, -0.25) is 14.9 Å². The Hall–Kier alpha value is -1.90. The molecule has 1 aromatic carbocycles. The molecule has 2 rings (SSSR count). The van der Waals surface area contributed by atoms with Crippen LogP contribution in [0.4, 0.5) is 0 Å². The first-order valence-corrected chi connectivity index (χ1v) is 5.25. The zero-order valence-corrected chi connectivity index (χ0v) is 9.28. The maximum atomic E-state index is 11.5. The van der Waals surface area contributed by atoms with E-state index in [1.54, 1.807) is 0 Å². The third kappa shape index (κ3) is 1.89. The predicted octanol–water partition coefficient (Wildman–Crippen LogP) is 1.85. The van der Waals surface area contributed by atoms with Crippen molar-refractivity contribution in [2.45, 2.75) is 19.8 Å². The van der Waals surface area contributed by atoms with E-state index < -0.39 is 0 Å². The van der Waals surface area contributed by atoms with Crippen LogP contribution in [0.25, 0.3) is 5.57 Å². The number of hydrogen-bond donors (Lipinski definition) is 1. The summed E-state index contributed by atoms with van der Waals surface area (Å²) in [6.07, 6.45) is 1.35. The van der Waals surface area contributed by atoms with Crippen molar-refractivity contribution in [2.24, 2.45) is 0 Å². The lowest BCUT2D eigenvalue weighted by Crippen LogP contribution is -2.21. The number of hydrogen-bond acceptors (Lipinski definition) is 2. The van der Waals surface area contributed by atoms with Crippen LogP contribution in [0, 0.1) is 0 Å². The van der Waals surface area contributed by atoms with Crippen LogP contribution in [0.5, 0.6) is 0 Å². The minimum absolute atomic E-state index is 0.314. The van der Waals surface area contributed by atoms with Gasteiger partial charge >= 0.3 is 0 Å². The number of amides is 2. The van der Waals surface area contributed by atoms with Crippen molar-refractivity contribution in [2.75, 3.05) is 0 Å². The Labute approximate surface area is 94.2 Å². The molecule has 1 aliphatic rings. The van der Waals surface area contributed by atoms with E-state index in [0.717, 1.165) is 11.1 Å². The van der Waals surface area contributed by atoms with Crippen molar-refractivity contribution in [3.63, 3.8) is 0 Å². The lowest BCUT2D eigenvalue weighted by molar-refractivity contribution is -0.123. The fraction of sp³-hybridized carbons (Fsp3) is 0.231. The zero-order valence-electron chi connectivity index (χ0n) is 9.28. The van der Waals surface area contributed by atoms with Gasteiger partial charge in [0.05, 0.1) is 5.57 Å². The molecule has 1 aliphatic heterocycles. The minimum atomic E-state index is -0.338. The fourth-order valence-electron chi connectivity index (χ4n) is 1.69. The summed E-state index contributed by atoms with van der Waals surface area (Å²) >= 11 is 0. The summed E-state index contributed by atoms with van der Waals surface area (Å²) in [6.45, 7) is 4.18. The topological polar surface area (TPSA) is 46.2 Å². The van der Waals surface area contributed by atoms with Crippen LogP contribution in [-0.2, 0) is 9.59 Å². The normalized spacial score (nSPS) is 15.3. The van der Waals surface area contributed by atoms with E-state index in [-0.39, 0.29) is 11.8 Å². The van der Waals surface area contributed by atoms with Crippen molar-refractivity contribution in [3.8, 4) is 0 Å². The Morgan fingerprint density at radius 2 is 1.94 bits per heavy atom. The molecule has 0 unspecified atom stereocenters. The van der Waals surface area contributed by atoms with Gasteiger partial charge in [0, 0.05) is 6.08 Å². The van der Waals surface area contributed by atoms with E-state index in [9.17, 15) is 9.59 Å². The average Bonchev–Trinajstić information content (AvgIpc) is 2.58. The summed E-state index contributed by atoms with van der Waals surface area (Å²) in [5.74, 6) is -0.249. The summed E-state index contributed by atoms with van der Waals surface area (Å²) in [7, 11) is 0. The van der Waals surface area contributed by atoms with Crippen molar-refractivity contribution >= 4 is 17.4 Å². The van der Waals surface area contributed by atoms with E-state index >= 15 is 0 Å². The van der Waals surface area contributed by atoms with Gasteiger partial charge < -0.3 is 0 Å². The van der Waals surface area contributed by atoms with Crippen LogP contribution in [0.2, 0.25) is 0 Å². The van der Waals surface area contributed by atoms with Gasteiger partial charge in [-0.05, 0) is 17.0 Å². The summed E-state index contributed by atoms with van der Waals surface area (Å²) in [5, 5.41) is 2.24. The highest BCUT2D eigenvalue weighted by Gasteiger charge is 2.22.